The molecule has 0 heterocycles. The molecule has 2 heteroatoms. The number of fused-ring (bicyclic) bond motifs is 5. The zero-order chi connectivity index (χ0) is 25.8. The maximum atomic E-state index is 9.37. The zero-order valence-electron chi connectivity index (χ0n) is 22.6. The Bertz CT molecular complexity index is 1470. The smallest absolute Gasteiger partial charge is 0.123 e. The van der Waals surface area contributed by atoms with Crippen molar-refractivity contribution in [2.24, 2.45) is 0 Å². The summed E-state index contributed by atoms with van der Waals surface area (Å²) >= 11 is 0. The highest BCUT2D eigenvalue weighted by Crippen LogP contribution is 2.41. The van der Waals surface area contributed by atoms with Crippen molar-refractivity contribution in [3.63, 3.8) is 0 Å². The molecule has 0 unspecified atom stereocenters. The summed E-state index contributed by atoms with van der Waals surface area (Å²) in [5, 5.41) is 14.4. The molecule has 2 nitrogen and oxygen atoms in total. The summed E-state index contributed by atoms with van der Waals surface area (Å²) in [4.78, 5) is 2.30. The largest absolute Gasteiger partial charge is 0.507 e. The summed E-state index contributed by atoms with van der Waals surface area (Å²) in [6, 6.07) is 22.9. The normalized spacial score (nSPS) is 14.5. The van der Waals surface area contributed by atoms with Crippen LogP contribution in [0.1, 0.15) is 61.3 Å². The van der Waals surface area contributed by atoms with Crippen LogP contribution in [0.25, 0.3) is 27.1 Å². The van der Waals surface area contributed by atoms with Crippen LogP contribution in [0, 0.1) is 0 Å². The van der Waals surface area contributed by atoms with Crippen LogP contribution in [0.5, 0.6) is 5.75 Å². The number of aryl methyl sites for hydroxylation is 2. The molecular formula is C35H39NO. The molecule has 0 atom stereocenters. The molecule has 0 aliphatic heterocycles. The molecule has 37 heavy (non-hydrogen) atoms. The Labute approximate surface area is 221 Å². The minimum absolute atomic E-state index is 0.350. The molecule has 6 rings (SSSR count). The van der Waals surface area contributed by atoms with Gasteiger partial charge in [-0.25, -0.2) is 0 Å². The van der Waals surface area contributed by atoms with E-state index in [2.05, 4.69) is 62.3 Å². The summed E-state index contributed by atoms with van der Waals surface area (Å²) in [6.07, 6.45) is 13.4. The number of phenolic OH excluding ortho intramolecular Hbond substituents is 1. The van der Waals surface area contributed by atoms with Gasteiger partial charge >= 0.3 is 0 Å². The third-order valence-corrected chi connectivity index (χ3v) is 7.76. The van der Waals surface area contributed by atoms with Crippen LogP contribution >= 0.6 is 0 Å². The fraction of sp³-hybridized carbons (Fsp3) is 0.314. The topological polar surface area (TPSA) is 23.5 Å². The molecule has 0 fully saturated rings. The van der Waals surface area contributed by atoms with Crippen molar-refractivity contribution in [3.8, 4) is 5.75 Å². The molecule has 1 N–H and O–H groups in total. The van der Waals surface area contributed by atoms with Gasteiger partial charge in [-0.2, -0.15) is 0 Å². The summed E-state index contributed by atoms with van der Waals surface area (Å²) in [7, 11) is 4.35. The lowest BCUT2D eigenvalue weighted by atomic mass is 9.78. The third-order valence-electron chi connectivity index (χ3n) is 7.76. The molecular weight excluding hydrogens is 450 g/mol. The van der Waals surface area contributed by atoms with Gasteiger partial charge in [-0.1, -0.05) is 91.7 Å². The van der Waals surface area contributed by atoms with Gasteiger partial charge in [0.2, 0.25) is 0 Å². The second-order valence-corrected chi connectivity index (χ2v) is 10.7. The van der Waals surface area contributed by atoms with Gasteiger partial charge in [0.1, 0.15) is 5.75 Å². The van der Waals surface area contributed by atoms with E-state index in [1.807, 2.05) is 36.4 Å². The molecule has 2 aliphatic rings. The fourth-order valence-corrected chi connectivity index (χ4v) is 5.96. The lowest BCUT2D eigenvalue weighted by Gasteiger charge is -2.27. The van der Waals surface area contributed by atoms with Crippen LogP contribution < -0.4 is 0 Å². The third kappa shape index (κ3) is 5.36. The number of nitrogens with zero attached hydrogens (tertiary/aromatic N) is 1. The lowest BCUT2D eigenvalue weighted by molar-refractivity contribution is 0.404. The van der Waals surface area contributed by atoms with Crippen LogP contribution in [0.2, 0.25) is 0 Å². The Hall–Kier alpha value is -3.36. The fourth-order valence-electron chi connectivity index (χ4n) is 5.96. The van der Waals surface area contributed by atoms with Gasteiger partial charge < -0.3 is 10.0 Å². The number of rotatable bonds is 5. The Morgan fingerprint density at radius 3 is 2.43 bits per heavy atom. The number of benzene rings is 4. The second-order valence-electron chi connectivity index (χ2n) is 10.7. The van der Waals surface area contributed by atoms with Crippen molar-refractivity contribution in [2.75, 3.05) is 14.1 Å². The first-order valence-electron chi connectivity index (χ1n) is 13.8. The number of phenols is 1. The molecule has 0 amide bonds. The number of unbranched alkanes of at least 4 members (excludes halogenated alkanes) is 1. The summed E-state index contributed by atoms with van der Waals surface area (Å²) in [5.41, 5.74) is 9.33. The van der Waals surface area contributed by atoms with E-state index < -0.39 is 0 Å². The van der Waals surface area contributed by atoms with Gasteiger partial charge in [-0.05, 0) is 103 Å². The van der Waals surface area contributed by atoms with Gasteiger partial charge in [0.15, 0.2) is 0 Å². The van der Waals surface area contributed by atoms with Crippen molar-refractivity contribution in [3.05, 3.63) is 107 Å². The number of hydrogen-bond acceptors (Lipinski definition) is 2. The predicted octanol–water partition coefficient (Wildman–Crippen LogP) is 8.84. The maximum Gasteiger partial charge on any atom is 0.123 e. The molecule has 0 saturated heterocycles. The van der Waals surface area contributed by atoms with E-state index in [0.29, 0.717) is 5.75 Å². The minimum Gasteiger partial charge on any atom is -0.507 e. The highest BCUT2D eigenvalue weighted by molar-refractivity contribution is 5.97. The number of aromatic hydroxyl groups is 1. The van der Waals surface area contributed by atoms with Crippen LogP contribution in [0.15, 0.2) is 84.5 Å². The van der Waals surface area contributed by atoms with Crippen LogP contribution in [0.3, 0.4) is 0 Å². The molecule has 4 aromatic carbocycles. The molecule has 0 bridgehead atoms. The van der Waals surface area contributed by atoms with Crippen LogP contribution in [-0.4, -0.2) is 24.1 Å². The highest BCUT2D eigenvalue weighted by Gasteiger charge is 2.22. The zero-order valence-corrected chi connectivity index (χ0v) is 22.6. The van der Waals surface area contributed by atoms with Crippen molar-refractivity contribution in [1.29, 1.82) is 0 Å². The number of hydrogen-bond donors (Lipinski definition) is 1. The standard InChI is InChI=1S/C25H31N.C10H8O/c1-4-5-8-19-11-12-20(17-26(2)3)25-22(19)15-16-23-21-10-7-6-9-18(21)13-14-24(23)25;11-10-7-3-5-8-4-1-2-6-9(8)10/h7,10-12,15-16H,4-6,8-9,13-14,17H2,1-3H3;1-7,11H. The number of allylic oxidation sites excluding steroid dienone is 4. The van der Waals surface area contributed by atoms with Crippen molar-refractivity contribution >= 4 is 27.1 Å². The lowest BCUT2D eigenvalue weighted by Crippen LogP contribution is -2.13. The van der Waals surface area contributed by atoms with Gasteiger partial charge in [0.05, 0.1) is 0 Å². The molecule has 0 radical (unpaired) electrons. The molecule has 190 valence electrons. The van der Waals surface area contributed by atoms with E-state index in [0.717, 1.165) is 17.3 Å². The quantitative estimate of drug-likeness (QED) is 0.303. The van der Waals surface area contributed by atoms with E-state index >= 15 is 0 Å². The van der Waals surface area contributed by atoms with Gasteiger partial charge in [-0.3, -0.25) is 0 Å². The Morgan fingerprint density at radius 1 is 0.811 bits per heavy atom. The predicted molar refractivity (Wildman–Crippen MR) is 159 cm³/mol. The van der Waals surface area contributed by atoms with E-state index in [1.54, 1.807) is 22.6 Å². The summed E-state index contributed by atoms with van der Waals surface area (Å²) in [5.74, 6) is 0.350. The SMILES string of the molecule is CCCCc1ccc(CN(C)C)c2c3c(ccc12)C1=C(CCC=C1)CC3.Oc1cccc2ccccc12. The first-order valence-corrected chi connectivity index (χ1v) is 13.8. The molecule has 4 aromatic rings. The Balaban J connectivity index is 0.000000212. The Morgan fingerprint density at radius 2 is 1.62 bits per heavy atom. The summed E-state index contributed by atoms with van der Waals surface area (Å²) in [6.45, 7) is 3.30. The molecule has 0 aromatic heterocycles. The average Bonchev–Trinajstić information content (AvgIpc) is 2.92. The first-order chi connectivity index (χ1) is 18.1. The van der Waals surface area contributed by atoms with Crippen molar-refractivity contribution < 1.29 is 5.11 Å². The van der Waals surface area contributed by atoms with Gasteiger partial charge in [0.25, 0.3) is 0 Å². The van der Waals surface area contributed by atoms with E-state index in [-0.39, 0.29) is 0 Å². The van der Waals surface area contributed by atoms with Crippen LogP contribution in [0.4, 0.5) is 0 Å². The van der Waals surface area contributed by atoms with E-state index in [9.17, 15) is 5.11 Å². The summed E-state index contributed by atoms with van der Waals surface area (Å²) < 4.78 is 0. The average molecular weight is 490 g/mol. The van der Waals surface area contributed by atoms with E-state index in [4.69, 9.17) is 0 Å². The molecule has 0 spiro atoms. The van der Waals surface area contributed by atoms with Gasteiger partial charge in [-0.15, -0.1) is 0 Å². The minimum atomic E-state index is 0.350. The van der Waals surface area contributed by atoms with Gasteiger partial charge in [0, 0.05) is 11.9 Å². The van der Waals surface area contributed by atoms with Crippen molar-refractivity contribution in [2.45, 2.75) is 58.4 Å². The highest BCUT2D eigenvalue weighted by atomic mass is 16.3. The molecule has 0 saturated carbocycles. The molecule has 2 aliphatic carbocycles. The second kappa shape index (κ2) is 11.4. The van der Waals surface area contributed by atoms with Crippen molar-refractivity contribution in [1.82, 2.24) is 4.90 Å². The first kappa shape index (κ1) is 25.3. The van der Waals surface area contributed by atoms with Crippen LogP contribution in [-0.2, 0) is 19.4 Å². The monoisotopic (exact) mass is 489 g/mol. The maximum absolute atomic E-state index is 9.37. The van der Waals surface area contributed by atoms with E-state index in [1.165, 1.54) is 72.6 Å². The Kier molecular flexibility index (Phi) is 7.76.